The van der Waals surface area contributed by atoms with E-state index in [1.807, 2.05) is 0 Å². The third-order valence-corrected chi connectivity index (χ3v) is 10.0. The van der Waals surface area contributed by atoms with Crippen molar-refractivity contribution in [3.8, 4) is 0 Å². The van der Waals surface area contributed by atoms with Gasteiger partial charge in [0.05, 0.1) is 32.2 Å². The highest BCUT2D eigenvalue weighted by Gasteiger charge is 2.26. The van der Waals surface area contributed by atoms with Gasteiger partial charge in [0.15, 0.2) is 0 Å². The predicted molar refractivity (Wildman–Crippen MR) is 196 cm³/mol. The molecule has 276 valence electrons. The summed E-state index contributed by atoms with van der Waals surface area (Å²) in [6, 6.07) is 0. The maximum absolute atomic E-state index is 13.6. The lowest BCUT2D eigenvalue weighted by Crippen LogP contribution is -2.38. The van der Waals surface area contributed by atoms with Gasteiger partial charge in [-0.3, -0.25) is 19.3 Å². The summed E-state index contributed by atoms with van der Waals surface area (Å²) in [4.78, 5) is 41.2. The molecule has 1 heterocycles. The van der Waals surface area contributed by atoms with Gasteiger partial charge in [-0.1, -0.05) is 104 Å². The van der Waals surface area contributed by atoms with E-state index in [1.165, 1.54) is 76.0 Å². The first-order valence-electron chi connectivity index (χ1n) is 19.5. The number of unbranched alkanes of at least 4 members (excludes halogenated alkanes) is 13. The summed E-state index contributed by atoms with van der Waals surface area (Å²) in [5.74, 6) is -0.0572. The first-order chi connectivity index (χ1) is 23.0. The van der Waals surface area contributed by atoms with E-state index in [1.54, 1.807) is 0 Å². The summed E-state index contributed by atoms with van der Waals surface area (Å²) in [6.45, 7) is 12.0. The molecule has 1 aliphatic heterocycles. The number of nitrogens with zero attached hydrogens (tertiary/aromatic N) is 1. The number of carbonyl (C=O) groups is 3. The lowest BCUT2D eigenvalue weighted by atomic mass is 10.0. The highest BCUT2D eigenvalue weighted by molar-refractivity contribution is 7.99. The third-order valence-electron chi connectivity index (χ3n) is 8.91. The molecular formula is C38H72N2O6S. The summed E-state index contributed by atoms with van der Waals surface area (Å²) < 4.78 is 17.0. The largest absolute Gasteiger partial charge is 0.466 e. The minimum Gasteiger partial charge on any atom is -0.466 e. The molecule has 1 aliphatic rings. The first-order valence-corrected chi connectivity index (χ1v) is 20.7. The molecule has 0 aromatic heterocycles. The Labute approximate surface area is 292 Å². The molecule has 1 saturated heterocycles. The SMILES string of the molecule is CCCCCCCCC(CCCCCCCC)OC(=O)C(CSCCC(=O)OCCCCCC)CC(=O)NCCCN1CCOCC1. The molecule has 0 spiro atoms. The second kappa shape index (κ2) is 31.9. The number of ether oxygens (including phenoxy) is 3. The van der Waals surface area contributed by atoms with Crippen LogP contribution in [0.3, 0.4) is 0 Å². The Morgan fingerprint density at radius 2 is 1.34 bits per heavy atom. The Morgan fingerprint density at radius 1 is 0.766 bits per heavy atom. The average molecular weight is 685 g/mol. The Kier molecular flexibility index (Phi) is 29.7. The molecule has 9 heteroatoms. The van der Waals surface area contributed by atoms with Crippen LogP contribution in [0.5, 0.6) is 0 Å². The van der Waals surface area contributed by atoms with E-state index in [4.69, 9.17) is 14.2 Å². The fraction of sp³-hybridized carbons (Fsp3) is 0.921. The number of thioether (sulfide) groups is 1. The van der Waals surface area contributed by atoms with Gasteiger partial charge in [0.25, 0.3) is 0 Å². The summed E-state index contributed by atoms with van der Waals surface area (Å²) in [5.41, 5.74) is 0. The van der Waals surface area contributed by atoms with Crippen molar-refractivity contribution in [3.05, 3.63) is 0 Å². The van der Waals surface area contributed by atoms with E-state index in [0.717, 1.165) is 90.6 Å². The van der Waals surface area contributed by atoms with Gasteiger partial charge in [-0.25, -0.2) is 0 Å². The van der Waals surface area contributed by atoms with Crippen LogP contribution in [0.1, 0.15) is 156 Å². The molecule has 1 rings (SSSR count). The molecule has 47 heavy (non-hydrogen) atoms. The van der Waals surface area contributed by atoms with Crippen molar-refractivity contribution in [2.45, 2.75) is 162 Å². The molecule has 1 N–H and O–H groups in total. The van der Waals surface area contributed by atoms with Gasteiger partial charge in [0.2, 0.25) is 5.91 Å². The van der Waals surface area contributed by atoms with Crippen LogP contribution in [-0.4, -0.2) is 86.4 Å². The molecule has 0 aliphatic carbocycles. The summed E-state index contributed by atoms with van der Waals surface area (Å²) in [5, 5.41) is 3.04. The lowest BCUT2D eigenvalue weighted by molar-refractivity contribution is -0.155. The van der Waals surface area contributed by atoms with Gasteiger partial charge in [-0.15, -0.1) is 0 Å². The number of rotatable bonds is 32. The molecule has 0 bridgehead atoms. The van der Waals surface area contributed by atoms with Crippen molar-refractivity contribution in [3.63, 3.8) is 0 Å². The predicted octanol–water partition coefficient (Wildman–Crippen LogP) is 8.49. The highest BCUT2D eigenvalue weighted by Crippen LogP contribution is 2.21. The molecule has 0 aromatic rings. The Morgan fingerprint density at radius 3 is 1.96 bits per heavy atom. The standard InChI is InChI=1S/C38H72N2O6S/c1-4-7-10-13-15-17-21-35(22-18-16-14-11-8-5-2)46-38(43)34(33-47-31-23-37(42)45-28-19-12-9-6-3)32-36(41)39-24-20-25-40-26-29-44-30-27-40/h34-35H,4-33H2,1-3H3,(H,39,41). The first kappa shape index (κ1) is 43.7. The number of carbonyl (C=O) groups excluding carboxylic acids is 3. The van der Waals surface area contributed by atoms with Crippen LogP contribution in [0.25, 0.3) is 0 Å². The zero-order valence-corrected chi connectivity index (χ0v) is 31.5. The molecule has 1 amide bonds. The zero-order chi connectivity index (χ0) is 34.2. The van der Waals surface area contributed by atoms with Crippen LogP contribution in [-0.2, 0) is 28.6 Å². The van der Waals surface area contributed by atoms with E-state index in [2.05, 4.69) is 31.0 Å². The van der Waals surface area contributed by atoms with E-state index in [9.17, 15) is 14.4 Å². The van der Waals surface area contributed by atoms with Gasteiger partial charge in [0.1, 0.15) is 6.10 Å². The minimum absolute atomic E-state index is 0.0911. The van der Waals surface area contributed by atoms with Gasteiger partial charge >= 0.3 is 11.9 Å². The van der Waals surface area contributed by atoms with Crippen LogP contribution >= 0.6 is 11.8 Å². The quantitative estimate of drug-likeness (QED) is 0.0557. The molecule has 0 saturated carbocycles. The van der Waals surface area contributed by atoms with Crippen molar-refractivity contribution in [1.82, 2.24) is 10.2 Å². The summed E-state index contributed by atoms with van der Waals surface area (Å²) in [6.07, 6.45) is 21.8. The fourth-order valence-electron chi connectivity index (χ4n) is 5.86. The van der Waals surface area contributed by atoms with Crippen LogP contribution in [0.2, 0.25) is 0 Å². The number of nitrogens with one attached hydrogen (secondary N) is 1. The maximum Gasteiger partial charge on any atom is 0.310 e. The highest BCUT2D eigenvalue weighted by atomic mass is 32.2. The Hall–Kier alpha value is -1.32. The zero-order valence-electron chi connectivity index (χ0n) is 30.7. The number of hydrogen-bond donors (Lipinski definition) is 1. The van der Waals surface area contributed by atoms with Crippen LogP contribution < -0.4 is 5.32 Å². The normalized spacial score (nSPS) is 14.3. The molecule has 0 aromatic carbocycles. The van der Waals surface area contributed by atoms with Crippen molar-refractivity contribution >= 4 is 29.6 Å². The lowest BCUT2D eigenvalue weighted by Gasteiger charge is -2.26. The van der Waals surface area contributed by atoms with Crippen LogP contribution in [0.4, 0.5) is 0 Å². The molecule has 0 radical (unpaired) electrons. The van der Waals surface area contributed by atoms with Crippen molar-refractivity contribution < 1.29 is 28.6 Å². The molecular weight excluding hydrogens is 612 g/mol. The van der Waals surface area contributed by atoms with E-state index >= 15 is 0 Å². The Bertz CT molecular complexity index is 748. The third kappa shape index (κ3) is 26.3. The van der Waals surface area contributed by atoms with E-state index in [-0.39, 0.29) is 30.4 Å². The number of morpholine rings is 1. The topological polar surface area (TPSA) is 94.2 Å². The number of esters is 2. The fourth-order valence-corrected chi connectivity index (χ4v) is 6.87. The average Bonchev–Trinajstić information content (AvgIpc) is 3.07. The van der Waals surface area contributed by atoms with Crippen molar-refractivity contribution in [2.75, 3.05) is 57.5 Å². The van der Waals surface area contributed by atoms with Crippen molar-refractivity contribution in [1.29, 1.82) is 0 Å². The van der Waals surface area contributed by atoms with Crippen LogP contribution in [0.15, 0.2) is 0 Å². The summed E-state index contributed by atoms with van der Waals surface area (Å²) in [7, 11) is 0. The minimum atomic E-state index is -0.527. The van der Waals surface area contributed by atoms with Gasteiger partial charge in [0, 0.05) is 37.6 Å². The van der Waals surface area contributed by atoms with Gasteiger partial charge < -0.3 is 19.5 Å². The maximum atomic E-state index is 13.6. The van der Waals surface area contributed by atoms with Crippen molar-refractivity contribution in [2.24, 2.45) is 5.92 Å². The van der Waals surface area contributed by atoms with E-state index in [0.29, 0.717) is 31.1 Å². The molecule has 1 unspecified atom stereocenters. The number of amides is 1. The van der Waals surface area contributed by atoms with E-state index < -0.39 is 5.92 Å². The smallest absolute Gasteiger partial charge is 0.310 e. The molecule has 1 fully saturated rings. The second-order valence-corrected chi connectivity index (χ2v) is 14.5. The second-order valence-electron chi connectivity index (χ2n) is 13.3. The van der Waals surface area contributed by atoms with Crippen LogP contribution in [0, 0.1) is 5.92 Å². The van der Waals surface area contributed by atoms with Gasteiger partial charge in [-0.05, 0) is 45.1 Å². The van der Waals surface area contributed by atoms with Gasteiger partial charge in [-0.2, -0.15) is 11.8 Å². The monoisotopic (exact) mass is 685 g/mol. The molecule has 1 atom stereocenters. The molecule has 8 nitrogen and oxygen atoms in total. The summed E-state index contributed by atoms with van der Waals surface area (Å²) >= 11 is 1.54. The Balaban J connectivity index is 2.66. The number of hydrogen-bond acceptors (Lipinski definition) is 8.